The van der Waals surface area contributed by atoms with Gasteiger partial charge in [0.25, 0.3) is 0 Å². The smallest absolute Gasteiger partial charge is 0.335 e. The van der Waals surface area contributed by atoms with Crippen molar-refractivity contribution in [3.63, 3.8) is 0 Å². The summed E-state index contributed by atoms with van der Waals surface area (Å²) in [7, 11) is 0. The number of hydrogen-bond acceptors (Lipinski definition) is 10. The van der Waals surface area contributed by atoms with Gasteiger partial charge in [0.15, 0.2) is 18.5 Å². The first-order chi connectivity index (χ1) is 30.7. The minimum absolute atomic E-state index is 0.191. The van der Waals surface area contributed by atoms with E-state index in [9.17, 15) is 34.8 Å². The number of carbonyl (C=O) groups is 3. The van der Waals surface area contributed by atoms with Crippen molar-refractivity contribution in [3.05, 3.63) is 0 Å². The van der Waals surface area contributed by atoms with Crippen LogP contribution in [0.4, 0.5) is 0 Å². The first-order valence-corrected chi connectivity index (χ1v) is 26.6. The lowest BCUT2D eigenvalue weighted by Crippen LogP contribution is -2.60. The van der Waals surface area contributed by atoms with Gasteiger partial charge in [0, 0.05) is 12.8 Å². The fourth-order valence-corrected chi connectivity index (χ4v) is 8.53. The Kier molecular flexibility index (Phi) is 40.3. The SMILES string of the molecule is CCCCCCCCCCCCCCCCCCCCCCCCCC(=O)OCC(COC1OC(C(=O)O)C(O)C(O)C1O)OC(=O)CCCCCCCCCCCCCCCC. The molecule has 0 aliphatic carbocycles. The molecule has 1 heterocycles. The zero-order valence-corrected chi connectivity index (χ0v) is 40.6. The Morgan fingerprint density at radius 3 is 1.08 bits per heavy atom. The van der Waals surface area contributed by atoms with Crippen LogP contribution in [0.2, 0.25) is 0 Å². The van der Waals surface area contributed by atoms with E-state index in [2.05, 4.69) is 13.8 Å². The van der Waals surface area contributed by atoms with E-state index < -0.39 is 54.7 Å². The minimum atomic E-state index is -1.86. The van der Waals surface area contributed by atoms with Crippen LogP contribution < -0.4 is 0 Å². The molecule has 0 radical (unpaired) electrons. The van der Waals surface area contributed by atoms with Crippen molar-refractivity contribution in [1.82, 2.24) is 0 Å². The molecule has 0 aromatic carbocycles. The van der Waals surface area contributed by atoms with Gasteiger partial charge in [-0.25, -0.2) is 4.79 Å². The fraction of sp³-hybridized carbons (Fsp3) is 0.942. The number of ether oxygens (including phenoxy) is 4. The van der Waals surface area contributed by atoms with Gasteiger partial charge in [-0.3, -0.25) is 9.59 Å². The second-order valence-electron chi connectivity index (χ2n) is 18.7. The monoisotopic (exact) mass is 899 g/mol. The summed E-state index contributed by atoms with van der Waals surface area (Å²) >= 11 is 0. The van der Waals surface area contributed by atoms with Gasteiger partial charge in [0.1, 0.15) is 24.9 Å². The highest BCUT2D eigenvalue weighted by molar-refractivity contribution is 5.73. The van der Waals surface area contributed by atoms with E-state index in [-0.39, 0.29) is 26.1 Å². The summed E-state index contributed by atoms with van der Waals surface area (Å²) in [6.07, 6.45) is 37.3. The highest BCUT2D eigenvalue weighted by Gasteiger charge is 2.47. The van der Waals surface area contributed by atoms with E-state index >= 15 is 0 Å². The average Bonchev–Trinajstić information content (AvgIpc) is 3.27. The Bertz CT molecular complexity index is 1060. The van der Waals surface area contributed by atoms with Crippen LogP contribution in [-0.4, -0.2) is 88.4 Å². The summed E-state index contributed by atoms with van der Waals surface area (Å²) in [5.74, 6) is -2.42. The summed E-state index contributed by atoms with van der Waals surface area (Å²) in [4.78, 5) is 37.0. The van der Waals surface area contributed by atoms with E-state index in [1.54, 1.807) is 0 Å². The fourth-order valence-electron chi connectivity index (χ4n) is 8.53. The molecule has 4 N–H and O–H groups in total. The maximum absolute atomic E-state index is 12.8. The number of carbonyl (C=O) groups excluding carboxylic acids is 2. The van der Waals surface area contributed by atoms with Gasteiger partial charge < -0.3 is 39.4 Å². The molecular formula is C52H98O11. The second kappa shape index (κ2) is 42.8. The second-order valence-corrected chi connectivity index (χ2v) is 18.7. The molecule has 0 aromatic heterocycles. The number of aliphatic carboxylic acids is 1. The molecular weight excluding hydrogens is 801 g/mol. The number of aliphatic hydroxyl groups is 3. The molecule has 372 valence electrons. The number of aliphatic hydroxyl groups excluding tert-OH is 3. The quantitative estimate of drug-likeness (QED) is 0.0339. The maximum atomic E-state index is 12.8. The topological polar surface area (TPSA) is 169 Å². The summed E-state index contributed by atoms with van der Waals surface area (Å²) in [5.41, 5.74) is 0. The van der Waals surface area contributed by atoms with Crippen molar-refractivity contribution in [2.24, 2.45) is 0 Å². The normalized spacial score (nSPS) is 19.3. The molecule has 0 bridgehead atoms. The van der Waals surface area contributed by atoms with E-state index in [0.717, 1.165) is 38.5 Å². The lowest BCUT2D eigenvalue weighted by molar-refractivity contribution is -0.298. The molecule has 6 unspecified atom stereocenters. The number of hydrogen-bond donors (Lipinski definition) is 4. The van der Waals surface area contributed by atoms with Crippen molar-refractivity contribution >= 4 is 17.9 Å². The van der Waals surface area contributed by atoms with Crippen LogP contribution in [0.5, 0.6) is 0 Å². The first-order valence-electron chi connectivity index (χ1n) is 26.6. The molecule has 0 aromatic rings. The lowest BCUT2D eigenvalue weighted by Gasteiger charge is -2.38. The third kappa shape index (κ3) is 34.2. The summed E-state index contributed by atoms with van der Waals surface area (Å²) in [6.45, 7) is 3.86. The third-order valence-corrected chi connectivity index (χ3v) is 12.7. The third-order valence-electron chi connectivity index (χ3n) is 12.7. The van der Waals surface area contributed by atoms with Crippen LogP contribution in [0.3, 0.4) is 0 Å². The Morgan fingerprint density at radius 1 is 0.429 bits per heavy atom. The molecule has 1 saturated heterocycles. The van der Waals surface area contributed by atoms with Gasteiger partial charge in [0.2, 0.25) is 0 Å². The summed E-state index contributed by atoms with van der Waals surface area (Å²) in [6, 6.07) is 0. The molecule has 11 nitrogen and oxygen atoms in total. The zero-order valence-electron chi connectivity index (χ0n) is 40.6. The predicted octanol–water partition coefficient (Wildman–Crippen LogP) is 12.6. The van der Waals surface area contributed by atoms with Gasteiger partial charge in [-0.2, -0.15) is 0 Å². The number of rotatable bonds is 46. The molecule has 1 rings (SSSR count). The van der Waals surface area contributed by atoms with E-state index in [0.29, 0.717) is 12.8 Å². The standard InChI is InChI=1S/C52H98O11/c1-3-5-7-9-11-13-15-17-19-20-21-22-23-24-25-26-27-29-30-32-34-36-38-40-45(53)60-42-44(43-61-52-49(57)47(55)48(56)50(63-52)51(58)59)62-46(54)41-39-37-35-33-31-28-18-16-14-12-10-8-6-4-2/h44,47-50,52,55-57H,3-43H2,1-2H3,(H,58,59). The Morgan fingerprint density at radius 2 is 0.746 bits per heavy atom. The number of carboxylic acid groups (broad SMARTS) is 1. The Balaban J connectivity index is 2.23. The number of esters is 2. The number of unbranched alkanes of at least 4 members (excludes halogenated alkanes) is 35. The van der Waals surface area contributed by atoms with E-state index in [4.69, 9.17) is 18.9 Å². The molecule has 1 fully saturated rings. The first kappa shape index (κ1) is 59.2. The van der Waals surface area contributed by atoms with Crippen LogP contribution in [0.15, 0.2) is 0 Å². The zero-order chi connectivity index (χ0) is 46.0. The van der Waals surface area contributed by atoms with Crippen LogP contribution in [0, 0.1) is 0 Å². The van der Waals surface area contributed by atoms with Crippen LogP contribution in [0.25, 0.3) is 0 Å². The lowest BCUT2D eigenvalue weighted by atomic mass is 9.99. The van der Waals surface area contributed by atoms with Crippen LogP contribution in [0.1, 0.15) is 264 Å². The van der Waals surface area contributed by atoms with Gasteiger partial charge in [-0.15, -0.1) is 0 Å². The van der Waals surface area contributed by atoms with Gasteiger partial charge in [0.05, 0.1) is 6.61 Å². The largest absolute Gasteiger partial charge is 0.479 e. The van der Waals surface area contributed by atoms with Crippen LogP contribution >= 0.6 is 0 Å². The molecule has 1 aliphatic heterocycles. The van der Waals surface area contributed by atoms with Crippen molar-refractivity contribution in [2.45, 2.75) is 301 Å². The average molecular weight is 899 g/mol. The molecule has 0 spiro atoms. The van der Waals surface area contributed by atoms with E-state index in [1.165, 1.54) is 186 Å². The van der Waals surface area contributed by atoms with E-state index in [1.807, 2.05) is 0 Å². The molecule has 11 heteroatoms. The molecule has 63 heavy (non-hydrogen) atoms. The van der Waals surface area contributed by atoms with Crippen molar-refractivity contribution in [3.8, 4) is 0 Å². The molecule has 6 atom stereocenters. The van der Waals surface area contributed by atoms with Crippen molar-refractivity contribution < 1.29 is 53.8 Å². The Labute approximate surface area is 384 Å². The van der Waals surface area contributed by atoms with Gasteiger partial charge in [-0.05, 0) is 12.8 Å². The predicted molar refractivity (Wildman–Crippen MR) is 253 cm³/mol. The molecule has 0 saturated carbocycles. The highest BCUT2D eigenvalue weighted by Crippen LogP contribution is 2.23. The van der Waals surface area contributed by atoms with Gasteiger partial charge >= 0.3 is 17.9 Å². The molecule has 0 amide bonds. The maximum Gasteiger partial charge on any atom is 0.335 e. The molecule has 1 aliphatic rings. The van der Waals surface area contributed by atoms with Crippen molar-refractivity contribution in [2.75, 3.05) is 13.2 Å². The van der Waals surface area contributed by atoms with Crippen molar-refractivity contribution in [1.29, 1.82) is 0 Å². The minimum Gasteiger partial charge on any atom is -0.479 e. The number of carboxylic acids is 1. The highest BCUT2D eigenvalue weighted by atomic mass is 16.7. The van der Waals surface area contributed by atoms with Gasteiger partial charge in [-0.1, -0.05) is 239 Å². The van der Waals surface area contributed by atoms with Crippen LogP contribution in [-0.2, 0) is 33.3 Å². The summed E-state index contributed by atoms with van der Waals surface area (Å²) in [5, 5.41) is 39.9. The Hall–Kier alpha value is -1.79. The summed E-state index contributed by atoms with van der Waals surface area (Å²) < 4.78 is 21.8.